The second kappa shape index (κ2) is 7.62. The molecule has 3 saturated heterocycles. The summed E-state index contributed by atoms with van der Waals surface area (Å²) in [7, 11) is 0. The van der Waals surface area contributed by atoms with Gasteiger partial charge in [0.15, 0.2) is 0 Å². The quantitative estimate of drug-likeness (QED) is 0.751. The molecule has 0 N–H and O–H groups in total. The maximum atomic E-state index is 12.8. The zero-order valence-corrected chi connectivity index (χ0v) is 14.2. The molecular formula is C17H29N3O3. The fourth-order valence-corrected chi connectivity index (χ4v) is 4.18. The molecular weight excluding hydrogens is 294 g/mol. The minimum Gasteiger partial charge on any atom is -0.381 e. The largest absolute Gasteiger partial charge is 0.381 e. The van der Waals surface area contributed by atoms with Crippen LogP contribution in [0.5, 0.6) is 0 Å². The molecule has 23 heavy (non-hydrogen) atoms. The van der Waals surface area contributed by atoms with Gasteiger partial charge in [-0.15, -0.1) is 0 Å². The lowest BCUT2D eigenvalue weighted by Crippen LogP contribution is -2.48. The van der Waals surface area contributed by atoms with Crippen molar-refractivity contribution in [1.29, 1.82) is 0 Å². The summed E-state index contributed by atoms with van der Waals surface area (Å²) in [5.74, 6) is 0.186. The van der Waals surface area contributed by atoms with E-state index in [1.165, 1.54) is 0 Å². The molecule has 130 valence electrons. The van der Waals surface area contributed by atoms with Crippen LogP contribution in [-0.4, -0.2) is 84.5 Å². The summed E-state index contributed by atoms with van der Waals surface area (Å²) in [5.41, 5.74) is 0. The third kappa shape index (κ3) is 3.86. The van der Waals surface area contributed by atoms with E-state index in [9.17, 15) is 9.59 Å². The van der Waals surface area contributed by atoms with Crippen LogP contribution in [0.4, 0.5) is 0 Å². The Labute approximate surface area is 138 Å². The molecule has 3 heterocycles. The highest BCUT2D eigenvalue weighted by molar-refractivity contribution is 5.87. The predicted molar refractivity (Wildman–Crippen MR) is 87.0 cm³/mol. The van der Waals surface area contributed by atoms with Gasteiger partial charge in [-0.25, -0.2) is 0 Å². The number of carbonyl (C=O) groups is 2. The minimum atomic E-state index is -0.220. The highest BCUT2D eigenvalue weighted by atomic mass is 16.5. The molecule has 6 nitrogen and oxygen atoms in total. The normalized spacial score (nSPS) is 28.0. The number of hydrogen-bond donors (Lipinski definition) is 0. The fourth-order valence-electron chi connectivity index (χ4n) is 4.18. The van der Waals surface area contributed by atoms with Crippen LogP contribution in [0, 0.1) is 0 Å². The van der Waals surface area contributed by atoms with E-state index in [-0.39, 0.29) is 17.9 Å². The van der Waals surface area contributed by atoms with Gasteiger partial charge in [-0.3, -0.25) is 14.5 Å². The van der Waals surface area contributed by atoms with Crippen LogP contribution < -0.4 is 0 Å². The average molecular weight is 323 g/mol. The second-order valence-electron chi connectivity index (χ2n) is 6.93. The average Bonchev–Trinajstić information content (AvgIpc) is 2.93. The zero-order chi connectivity index (χ0) is 16.2. The summed E-state index contributed by atoms with van der Waals surface area (Å²) >= 11 is 0. The van der Waals surface area contributed by atoms with E-state index in [1.807, 2.05) is 4.90 Å². The van der Waals surface area contributed by atoms with Gasteiger partial charge >= 0.3 is 0 Å². The molecule has 0 bridgehead atoms. The Kier molecular flexibility index (Phi) is 5.54. The summed E-state index contributed by atoms with van der Waals surface area (Å²) in [6.07, 6.45) is 5.00. The first-order valence-electron chi connectivity index (χ1n) is 9.04. The molecule has 0 radical (unpaired) electrons. The fraction of sp³-hybridized carbons (Fsp3) is 0.882. The maximum Gasteiger partial charge on any atom is 0.245 e. The van der Waals surface area contributed by atoms with Crippen molar-refractivity contribution >= 4 is 11.8 Å². The molecule has 0 aromatic rings. The molecule has 6 heteroatoms. The molecule has 3 fully saturated rings. The second-order valence-corrected chi connectivity index (χ2v) is 6.93. The van der Waals surface area contributed by atoms with Gasteiger partial charge in [0.25, 0.3) is 0 Å². The standard InChI is InChI=1S/C17H29N3O3/c1-14(21)20-9-2-4-16(20)17(22)19-8-3-7-18(10-11-19)15-5-12-23-13-6-15/h15-16H,2-13H2,1H3/t16-/m1/s1. The van der Waals surface area contributed by atoms with Gasteiger partial charge in [-0.2, -0.15) is 0 Å². The van der Waals surface area contributed by atoms with Crippen molar-refractivity contribution in [2.45, 2.75) is 51.1 Å². The number of hydrogen-bond acceptors (Lipinski definition) is 4. The SMILES string of the molecule is CC(=O)N1CCC[C@@H]1C(=O)N1CCCN(C2CCOCC2)CC1. The van der Waals surface area contributed by atoms with E-state index < -0.39 is 0 Å². The van der Waals surface area contributed by atoms with E-state index in [0.717, 1.165) is 78.0 Å². The summed E-state index contributed by atoms with van der Waals surface area (Å²) in [5, 5.41) is 0. The minimum absolute atomic E-state index is 0.0273. The van der Waals surface area contributed by atoms with Crippen molar-refractivity contribution in [2.24, 2.45) is 0 Å². The number of rotatable bonds is 2. The van der Waals surface area contributed by atoms with Crippen molar-refractivity contribution in [3.8, 4) is 0 Å². The maximum absolute atomic E-state index is 12.8. The third-order valence-corrected chi connectivity index (χ3v) is 5.49. The molecule has 0 saturated carbocycles. The molecule has 0 aliphatic carbocycles. The van der Waals surface area contributed by atoms with Crippen LogP contribution in [-0.2, 0) is 14.3 Å². The zero-order valence-electron chi connectivity index (χ0n) is 14.2. The number of amides is 2. The first-order chi connectivity index (χ1) is 11.2. The van der Waals surface area contributed by atoms with E-state index in [1.54, 1.807) is 11.8 Å². The van der Waals surface area contributed by atoms with E-state index >= 15 is 0 Å². The van der Waals surface area contributed by atoms with Crippen molar-refractivity contribution in [3.63, 3.8) is 0 Å². The van der Waals surface area contributed by atoms with E-state index in [4.69, 9.17) is 4.74 Å². The molecule has 3 aliphatic rings. The third-order valence-electron chi connectivity index (χ3n) is 5.49. The van der Waals surface area contributed by atoms with Gasteiger partial charge in [0.2, 0.25) is 11.8 Å². The highest BCUT2D eigenvalue weighted by Crippen LogP contribution is 2.21. The Hall–Kier alpha value is -1.14. The first kappa shape index (κ1) is 16.7. The van der Waals surface area contributed by atoms with Crippen molar-refractivity contribution in [2.75, 3.05) is 45.9 Å². The van der Waals surface area contributed by atoms with Crippen LogP contribution in [0.2, 0.25) is 0 Å². The Balaban J connectivity index is 1.56. The van der Waals surface area contributed by atoms with E-state index in [2.05, 4.69) is 4.90 Å². The van der Waals surface area contributed by atoms with Crippen LogP contribution >= 0.6 is 0 Å². The summed E-state index contributed by atoms with van der Waals surface area (Å²) in [6, 6.07) is 0.390. The highest BCUT2D eigenvalue weighted by Gasteiger charge is 2.36. The number of carbonyl (C=O) groups excluding carboxylic acids is 2. The molecule has 2 amide bonds. The van der Waals surface area contributed by atoms with Gasteiger partial charge in [-0.05, 0) is 32.1 Å². The first-order valence-corrected chi connectivity index (χ1v) is 9.04. The van der Waals surface area contributed by atoms with Gasteiger partial charge in [0.05, 0.1) is 0 Å². The molecule has 0 aromatic carbocycles. The summed E-state index contributed by atoms with van der Waals surface area (Å²) in [4.78, 5) is 30.8. The molecule has 0 aromatic heterocycles. The predicted octanol–water partition coefficient (Wildman–Crippen LogP) is 0.711. The van der Waals surface area contributed by atoms with Gasteiger partial charge in [-0.1, -0.05) is 0 Å². The lowest BCUT2D eigenvalue weighted by molar-refractivity contribution is -0.142. The van der Waals surface area contributed by atoms with Crippen molar-refractivity contribution < 1.29 is 14.3 Å². The lowest BCUT2D eigenvalue weighted by Gasteiger charge is -2.33. The summed E-state index contributed by atoms with van der Waals surface area (Å²) in [6.45, 7) is 7.64. The number of nitrogens with zero attached hydrogens (tertiary/aromatic N) is 3. The molecule has 3 aliphatic heterocycles. The van der Waals surface area contributed by atoms with Gasteiger partial charge in [0, 0.05) is 58.9 Å². The Morgan fingerprint density at radius 1 is 0.913 bits per heavy atom. The Morgan fingerprint density at radius 3 is 2.43 bits per heavy atom. The Bertz CT molecular complexity index is 437. The van der Waals surface area contributed by atoms with Crippen LogP contribution in [0.15, 0.2) is 0 Å². The van der Waals surface area contributed by atoms with Crippen LogP contribution in [0.3, 0.4) is 0 Å². The van der Waals surface area contributed by atoms with Crippen molar-refractivity contribution in [1.82, 2.24) is 14.7 Å². The van der Waals surface area contributed by atoms with Gasteiger partial charge in [0.1, 0.15) is 6.04 Å². The van der Waals surface area contributed by atoms with Gasteiger partial charge < -0.3 is 14.5 Å². The lowest BCUT2D eigenvalue weighted by atomic mass is 10.1. The Morgan fingerprint density at radius 2 is 1.70 bits per heavy atom. The molecule has 0 unspecified atom stereocenters. The topological polar surface area (TPSA) is 53.1 Å². The van der Waals surface area contributed by atoms with Crippen LogP contribution in [0.25, 0.3) is 0 Å². The monoisotopic (exact) mass is 323 g/mol. The molecule has 3 rings (SSSR count). The molecule has 0 spiro atoms. The molecule has 1 atom stereocenters. The van der Waals surface area contributed by atoms with E-state index in [0.29, 0.717) is 6.04 Å². The van der Waals surface area contributed by atoms with Crippen molar-refractivity contribution in [3.05, 3.63) is 0 Å². The number of likely N-dealkylation sites (tertiary alicyclic amines) is 1. The number of ether oxygens (including phenoxy) is 1. The smallest absolute Gasteiger partial charge is 0.245 e. The van der Waals surface area contributed by atoms with Crippen LogP contribution in [0.1, 0.15) is 39.0 Å². The summed E-state index contributed by atoms with van der Waals surface area (Å²) < 4.78 is 5.45.